The van der Waals surface area contributed by atoms with Crippen LogP contribution in [0, 0.1) is 11.8 Å². The third-order valence-corrected chi connectivity index (χ3v) is 6.24. The minimum absolute atomic E-state index is 0. The first-order valence-corrected chi connectivity index (χ1v) is 9.41. The quantitative estimate of drug-likeness (QED) is 0.785. The SMILES string of the molecule is Cl.c1ccc2cc(C3=C(CN4CCOCC4)[C@@H]4CC[C@H]3C4)ccc2c1. The lowest BCUT2D eigenvalue weighted by atomic mass is 9.86. The van der Waals surface area contributed by atoms with E-state index in [0.717, 1.165) is 44.7 Å². The molecule has 2 aliphatic carbocycles. The van der Waals surface area contributed by atoms with Crippen LogP contribution in [0.2, 0.25) is 0 Å². The number of ether oxygens (including phenoxy) is 1. The van der Waals surface area contributed by atoms with Gasteiger partial charge in [-0.25, -0.2) is 0 Å². The summed E-state index contributed by atoms with van der Waals surface area (Å²) in [5, 5.41) is 2.72. The van der Waals surface area contributed by atoms with Gasteiger partial charge < -0.3 is 4.74 Å². The fourth-order valence-corrected chi connectivity index (χ4v) is 5.03. The van der Waals surface area contributed by atoms with E-state index in [1.807, 2.05) is 0 Å². The first kappa shape index (κ1) is 17.1. The standard InChI is InChI=1S/C22H25NO.ClH/c1-2-4-17-13-19(7-5-16(17)3-1)22-20-8-6-18(14-20)21(22)15-23-9-11-24-12-10-23;/h1-5,7,13,18,20H,6,8-12,14-15H2;1H/t18-,20+;/m1./s1. The van der Waals surface area contributed by atoms with Gasteiger partial charge in [0.05, 0.1) is 13.2 Å². The van der Waals surface area contributed by atoms with Gasteiger partial charge in [-0.2, -0.15) is 0 Å². The van der Waals surface area contributed by atoms with Gasteiger partial charge >= 0.3 is 0 Å². The minimum atomic E-state index is 0. The number of fused-ring (bicyclic) bond motifs is 3. The molecule has 3 heteroatoms. The summed E-state index contributed by atoms with van der Waals surface area (Å²) in [6.07, 6.45) is 4.18. The molecule has 0 aromatic heterocycles. The monoisotopic (exact) mass is 355 g/mol. The van der Waals surface area contributed by atoms with Crippen LogP contribution in [0.5, 0.6) is 0 Å². The summed E-state index contributed by atoms with van der Waals surface area (Å²) < 4.78 is 5.53. The molecule has 2 nitrogen and oxygen atoms in total. The van der Waals surface area contributed by atoms with Crippen LogP contribution in [-0.2, 0) is 4.74 Å². The molecule has 0 amide bonds. The van der Waals surface area contributed by atoms with Crippen LogP contribution in [0.1, 0.15) is 24.8 Å². The third kappa shape index (κ3) is 3.12. The first-order valence-electron chi connectivity index (χ1n) is 9.41. The molecule has 5 rings (SSSR count). The van der Waals surface area contributed by atoms with E-state index in [-0.39, 0.29) is 12.4 Å². The lowest BCUT2D eigenvalue weighted by Crippen LogP contribution is -2.38. The number of hydrogen-bond donors (Lipinski definition) is 0. The molecule has 0 unspecified atom stereocenters. The molecule has 0 radical (unpaired) electrons. The Morgan fingerprint density at radius 3 is 2.52 bits per heavy atom. The zero-order valence-electron chi connectivity index (χ0n) is 14.6. The van der Waals surface area contributed by atoms with Crippen molar-refractivity contribution < 1.29 is 4.74 Å². The molecule has 1 aliphatic heterocycles. The lowest BCUT2D eigenvalue weighted by Gasteiger charge is -2.30. The number of halogens is 1. The maximum absolute atomic E-state index is 5.53. The second-order valence-electron chi connectivity index (χ2n) is 7.60. The van der Waals surface area contributed by atoms with Gasteiger partial charge in [0, 0.05) is 19.6 Å². The average Bonchev–Trinajstić information content (AvgIpc) is 3.24. The van der Waals surface area contributed by atoms with Crippen molar-refractivity contribution in [2.45, 2.75) is 19.3 Å². The Labute approximate surface area is 156 Å². The Hall–Kier alpha value is -1.35. The van der Waals surface area contributed by atoms with Crippen molar-refractivity contribution in [3.05, 3.63) is 53.6 Å². The Morgan fingerprint density at radius 1 is 0.920 bits per heavy atom. The van der Waals surface area contributed by atoms with Crippen molar-refractivity contribution in [2.24, 2.45) is 11.8 Å². The highest BCUT2D eigenvalue weighted by atomic mass is 35.5. The number of morpholine rings is 1. The largest absolute Gasteiger partial charge is 0.379 e. The molecular formula is C22H26ClNO. The number of rotatable bonds is 3. The van der Waals surface area contributed by atoms with E-state index in [4.69, 9.17) is 4.74 Å². The second-order valence-corrected chi connectivity index (χ2v) is 7.60. The van der Waals surface area contributed by atoms with Gasteiger partial charge in [-0.05, 0) is 64.6 Å². The van der Waals surface area contributed by atoms with Crippen LogP contribution in [0.4, 0.5) is 0 Å². The maximum Gasteiger partial charge on any atom is 0.0594 e. The maximum atomic E-state index is 5.53. The average molecular weight is 356 g/mol. The fraction of sp³-hybridized carbons (Fsp3) is 0.455. The number of allylic oxidation sites excluding steroid dienone is 1. The second kappa shape index (κ2) is 7.11. The van der Waals surface area contributed by atoms with Gasteiger partial charge in [0.1, 0.15) is 0 Å². The first-order chi connectivity index (χ1) is 11.9. The molecule has 1 heterocycles. The van der Waals surface area contributed by atoms with Crippen LogP contribution in [0.3, 0.4) is 0 Å². The predicted molar refractivity (Wildman–Crippen MR) is 106 cm³/mol. The molecule has 1 saturated heterocycles. The van der Waals surface area contributed by atoms with Gasteiger partial charge in [0.25, 0.3) is 0 Å². The van der Waals surface area contributed by atoms with Crippen LogP contribution in [0.25, 0.3) is 16.3 Å². The Kier molecular flexibility index (Phi) is 4.86. The van der Waals surface area contributed by atoms with Gasteiger partial charge in [-0.1, -0.05) is 36.4 Å². The Balaban J connectivity index is 0.00000157. The van der Waals surface area contributed by atoms with E-state index in [9.17, 15) is 0 Å². The number of nitrogens with zero attached hydrogens (tertiary/aromatic N) is 1. The Morgan fingerprint density at radius 2 is 1.68 bits per heavy atom. The van der Waals surface area contributed by atoms with Crippen molar-refractivity contribution in [3.8, 4) is 0 Å². The summed E-state index contributed by atoms with van der Waals surface area (Å²) in [4.78, 5) is 2.60. The Bertz CT molecular complexity index is 793. The molecule has 2 bridgehead atoms. The summed E-state index contributed by atoms with van der Waals surface area (Å²) in [6, 6.07) is 15.8. The van der Waals surface area contributed by atoms with Crippen molar-refractivity contribution in [2.75, 3.05) is 32.8 Å². The topological polar surface area (TPSA) is 12.5 Å². The fourth-order valence-electron chi connectivity index (χ4n) is 5.03. The molecule has 1 saturated carbocycles. The van der Waals surface area contributed by atoms with Crippen molar-refractivity contribution >= 4 is 28.8 Å². The van der Waals surface area contributed by atoms with E-state index < -0.39 is 0 Å². The number of hydrogen-bond acceptors (Lipinski definition) is 2. The molecule has 2 fully saturated rings. The molecule has 2 aromatic carbocycles. The highest BCUT2D eigenvalue weighted by Crippen LogP contribution is 2.52. The van der Waals surface area contributed by atoms with Crippen molar-refractivity contribution in [1.29, 1.82) is 0 Å². The molecule has 3 aliphatic rings. The predicted octanol–water partition coefficient (Wildman–Crippen LogP) is 4.78. The smallest absolute Gasteiger partial charge is 0.0594 e. The van der Waals surface area contributed by atoms with Gasteiger partial charge in [0.2, 0.25) is 0 Å². The van der Waals surface area contributed by atoms with Gasteiger partial charge in [-0.3, -0.25) is 4.90 Å². The van der Waals surface area contributed by atoms with Crippen LogP contribution in [0.15, 0.2) is 48.0 Å². The van der Waals surface area contributed by atoms with E-state index in [1.165, 1.54) is 35.6 Å². The molecule has 25 heavy (non-hydrogen) atoms. The lowest BCUT2D eigenvalue weighted by molar-refractivity contribution is 0.0414. The summed E-state index contributed by atoms with van der Waals surface area (Å²) in [6.45, 7) is 5.13. The van der Waals surface area contributed by atoms with Gasteiger partial charge in [0.15, 0.2) is 0 Å². The molecule has 0 spiro atoms. The highest BCUT2D eigenvalue weighted by molar-refractivity contribution is 5.87. The molecule has 132 valence electrons. The summed E-state index contributed by atoms with van der Waals surface area (Å²) in [5.41, 5.74) is 4.90. The number of benzene rings is 2. The van der Waals surface area contributed by atoms with Crippen LogP contribution >= 0.6 is 12.4 Å². The van der Waals surface area contributed by atoms with E-state index in [2.05, 4.69) is 47.4 Å². The molecule has 2 aromatic rings. The van der Waals surface area contributed by atoms with E-state index in [0.29, 0.717) is 0 Å². The zero-order chi connectivity index (χ0) is 15.9. The van der Waals surface area contributed by atoms with E-state index in [1.54, 1.807) is 11.1 Å². The molecular weight excluding hydrogens is 330 g/mol. The van der Waals surface area contributed by atoms with Crippen LogP contribution in [-0.4, -0.2) is 37.7 Å². The minimum Gasteiger partial charge on any atom is -0.379 e. The summed E-state index contributed by atoms with van der Waals surface area (Å²) in [7, 11) is 0. The molecule has 0 N–H and O–H groups in total. The van der Waals surface area contributed by atoms with Gasteiger partial charge in [-0.15, -0.1) is 12.4 Å². The normalized spacial score (nSPS) is 26.2. The van der Waals surface area contributed by atoms with Crippen molar-refractivity contribution in [1.82, 2.24) is 4.90 Å². The molecule has 2 atom stereocenters. The van der Waals surface area contributed by atoms with E-state index >= 15 is 0 Å². The zero-order valence-corrected chi connectivity index (χ0v) is 15.4. The van der Waals surface area contributed by atoms with Crippen molar-refractivity contribution in [3.63, 3.8) is 0 Å². The van der Waals surface area contributed by atoms with Crippen LogP contribution < -0.4 is 0 Å². The highest BCUT2D eigenvalue weighted by Gasteiger charge is 2.39. The summed E-state index contributed by atoms with van der Waals surface area (Å²) >= 11 is 0. The third-order valence-electron chi connectivity index (χ3n) is 6.24. The summed E-state index contributed by atoms with van der Waals surface area (Å²) in [5.74, 6) is 1.63.